The van der Waals surface area contributed by atoms with Crippen LogP contribution in [0.4, 0.5) is 21.0 Å². The number of hydrogen-bond donors (Lipinski definition) is 3. The van der Waals surface area contributed by atoms with Crippen molar-refractivity contribution in [2.45, 2.75) is 44.3 Å². The summed E-state index contributed by atoms with van der Waals surface area (Å²) < 4.78 is 1.48. The first-order valence-corrected chi connectivity index (χ1v) is 17.3. The number of amides is 5. The molecule has 0 radical (unpaired) electrons. The number of hydrogen-bond acceptors (Lipinski definition) is 6. The number of urea groups is 2. The number of likely N-dealkylation sites (tertiary alicyclic amines) is 1. The largest absolute Gasteiger partial charge is 0.397 e. The van der Waals surface area contributed by atoms with E-state index < -0.39 is 6.04 Å². The minimum atomic E-state index is -0.720. The Kier molecular flexibility index (Phi) is 11.3. The molecule has 0 unspecified atom stereocenters. The van der Waals surface area contributed by atoms with Crippen LogP contribution < -0.4 is 16.4 Å². The van der Waals surface area contributed by atoms with Gasteiger partial charge in [-0.2, -0.15) is 0 Å². The van der Waals surface area contributed by atoms with E-state index in [9.17, 15) is 14.4 Å². The van der Waals surface area contributed by atoms with Crippen molar-refractivity contribution in [1.29, 1.82) is 0 Å². The van der Waals surface area contributed by atoms with Crippen LogP contribution >= 0.6 is 31.9 Å². The third-order valence-electron chi connectivity index (χ3n) is 8.99. The molecule has 3 aliphatic heterocycles. The van der Waals surface area contributed by atoms with Crippen molar-refractivity contribution in [2.75, 3.05) is 77.5 Å². The maximum absolute atomic E-state index is 13.9. The molecular formula is C32H44Br2N8O3. The smallest absolute Gasteiger partial charge is 0.322 e. The quantitative estimate of drug-likeness (QED) is 0.334. The Bertz CT molecular complexity index is 1350. The molecule has 2 saturated heterocycles. The van der Waals surface area contributed by atoms with E-state index >= 15 is 0 Å². The molecule has 0 aliphatic carbocycles. The lowest BCUT2D eigenvalue weighted by Gasteiger charge is -2.41. The van der Waals surface area contributed by atoms with E-state index in [4.69, 9.17) is 5.73 Å². The highest BCUT2D eigenvalue weighted by Crippen LogP contribution is 2.31. The van der Waals surface area contributed by atoms with Crippen LogP contribution in [0.3, 0.4) is 0 Å². The Morgan fingerprint density at radius 1 is 1.02 bits per heavy atom. The number of nitrogen functional groups attached to an aromatic ring is 1. The molecule has 2 aromatic carbocycles. The molecule has 2 aromatic rings. The van der Waals surface area contributed by atoms with Crippen LogP contribution in [0.25, 0.3) is 0 Å². The molecule has 4 N–H and O–H groups in total. The number of nitrogens with two attached hydrogens (primary N) is 1. The minimum Gasteiger partial charge on any atom is -0.397 e. The van der Waals surface area contributed by atoms with E-state index in [0.717, 1.165) is 58.4 Å². The third-order valence-corrected chi connectivity index (χ3v) is 10.3. The highest BCUT2D eigenvalue weighted by atomic mass is 79.9. The second-order valence-electron chi connectivity index (χ2n) is 12.4. The van der Waals surface area contributed by atoms with Crippen LogP contribution in [-0.4, -0.2) is 121 Å². The number of carbonyl (C=O) groups is 3. The minimum absolute atomic E-state index is 0.0401. The Labute approximate surface area is 282 Å². The first-order chi connectivity index (χ1) is 21.6. The molecule has 5 amide bonds. The Morgan fingerprint density at radius 2 is 1.69 bits per heavy atom. The van der Waals surface area contributed by atoms with Gasteiger partial charge < -0.3 is 36.0 Å². The summed E-state index contributed by atoms with van der Waals surface area (Å²) >= 11 is 7.03. The summed E-state index contributed by atoms with van der Waals surface area (Å²) in [5.41, 5.74) is 9.54. The topological polar surface area (TPSA) is 117 Å². The van der Waals surface area contributed by atoms with Gasteiger partial charge in [0.25, 0.3) is 0 Å². The molecule has 45 heavy (non-hydrogen) atoms. The van der Waals surface area contributed by atoms with E-state index in [2.05, 4.69) is 66.4 Å². The maximum Gasteiger partial charge on any atom is 0.322 e. The van der Waals surface area contributed by atoms with Gasteiger partial charge in [0.05, 0.1) is 5.69 Å². The van der Waals surface area contributed by atoms with E-state index in [0.29, 0.717) is 57.7 Å². The van der Waals surface area contributed by atoms with Gasteiger partial charge in [0.15, 0.2) is 0 Å². The van der Waals surface area contributed by atoms with Crippen molar-refractivity contribution in [1.82, 2.24) is 29.8 Å². The van der Waals surface area contributed by atoms with Crippen LogP contribution in [0.5, 0.6) is 0 Å². The van der Waals surface area contributed by atoms with Crippen molar-refractivity contribution >= 4 is 61.2 Å². The van der Waals surface area contributed by atoms with Gasteiger partial charge in [0.2, 0.25) is 5.91 Å². The maximum atomic E-state index is 13.9. The third kappa shape index (κ3) is 8.49. The first kappa shape index (κ1) is 33.5. The molecule has 0 spiro atoms. The number of benzene rings is 2. The number of fused-ring (bicyclic) bond motifs is 1. The zero-order valence-electron chi connectivity index (χ0n) is 26.1. The Hall–Kier alpha value is -2.87. The summed E-state index contributed by atoms with van der Waals surface area (Å²) in [5.74, 6) is -0.0705. The van der Waals surface area contributed by atoms with Gasteiger partial charge in [-0.3, -0.25) is 9.69 Å². The molecule has 0 aromatic heterocycles. The fourth-order valence-electron chi connectivity index (χ4n) is 6.35. The number of rotatable bonds is 9. The summed E-state index contributed by atoms with van der Waals surface area (Å²) in [6, 6.07) is 10.6. The molecule has 1 atom stereocenters. The van der Waals surface area contributed by atoms with Crippen molar-refractivity contribution in [3.63, 3.8) is 0 Å². The van der Waals surface area contributed by atoms with Crippen LogP contribution in [0.1, 0.15) is 30.4 Å². The van der Waals surface area contributed by atoms with Crippen LogP contribution in [-0.2, 0) is 17.8 Å². The van der Waals surface area contributed by atoms with Crippen LogP contribution in [0.2, 0.25) is 0 Å². The highest BCUT2D eigenvalue weighted by Gasteiger charge is 2.35. The predicted octanol–water partition coefficient (Wildman–Crippen LogP) is 4.02. The van der Waals surface area contributed by atoms with E-state index in [1.165, 1.54) is 0 Å². The molecule has 0 bridgehead atoms. The summed E-state index contributed by atoms with van der Waals surface area (Å²) in [4.78, 5) is 50.5. The highest BCUT2D eigenvalue weighted by molar-refractivity contribution is 9.11. The molecule has 3 aliphatic rings. The summed E-state index contributed by atoms with van der Waals surface area (Å²) in [6.07, 6.45) is 2.78. The normalized spacial score (nSPS) is 18.5. The van der Waals surface area contributed by atoms with E-state index in [-0.39, 0.29) is 24.0 Å². The summed E-state index contributed by atoms with van der Waals surface area (Å²) in [6.45, 7) is 6.53. The number of anilines is 2. The van der Waals surface area contributed by atoms with Gasteiger partial charge in [0.1, 0.15) is 6.04 Å². The lowest BCUT2D eigenvalue weighted by Crippen LogP contribution is -2.58. The molecule has 11 nitrogen and oxygen atoms in total. The molecule has 244 valence electrons. The standard InChI is InChI=1S/C32H44Br2N8O3/c1-38(2)10-5-11-39-14-16-40(17-15-39)30(43)28(20-22-18-25(33)29(35)26(34)19-22)37-31(44)41-12-8-24(9-13-41)42-21-23-6-3-4-7-27(23)36-32(42)45/h3-4,6-7,18-19,24,28H,5,8-17,20-21,35H2,1-2H3,(H,36,45)(H,37,44)/t28-/m0/s1. The van der Waals surface area contributed by atoms with Gasteiger partial charge in [-0.25, -0.2) is 9.59 Å². The van der Waals surface area contributed by atoms with Crippen molar-refractivity contribution in [3.05, 3.63) is 56.5 Å². The fraction of sp³-hybridized carbons (Fsp3) is 0.531. The Balaban J connectivity index is 1.21. The number of para-hydroxylation sites is 1. The van der Waals surface area contributed by atoms with Gasteiger partial charge in [-0.05, 0) is 108 Å². The van der Waals surface area contributed by atoms with Gasteiger partial charge in [-0.15, -0.1) is 0 Å². The number of nitrogens with one attached hydrogen (secondary N) is 2. The fourth-order valence-corrected chi connectivity index (χ4v) is 7.63. The van der Waals surface area contributed by atoms with Crippen molar-refractivity contribution in [2.24, 2.45) is 0 Å². The number of piperidine rings is 1. The number of carbonyl (C=O) groups excluding carboxylic acids is 3. The number of halogens is 2. The second-order valence-corrected chi connectivity index (χ2v) is 14.1. The predicted molar refractivity (Wildman–Crippen MR) is 184 cm³/mol. The van der Waals surface area contributed by atoms with E-state index in [1.54, 1.807) is 4.90 Å². The molecule has 5 rings (SSSR count). The molecule has 13 heteroatoms. The van der Waals surface area contributed by atoms with Gasteiger partial charge in [0, 0.05) is 72.9 Å². The first-order valence-electron chi connectivity index (χ1n) is 15.7. The van der Waals surface area contributed by atoms with E-state index in [1.807, 2.05) is 46.2 Å². The van der Waals surface area contributed by atoms with Crippen molar-refractivity contribution < 1.29 is 14.4 Å². The monoisotopic (exact) mass is 746 g/mol. The number of piperazine rings is 1. The Morgan fingerprint density at radius 3 is 2.36 bits per heavy atom. The average molecular weight is 749 g/mol. The lowest BCUT2D eigenvalue weighted by molar-refractivity contribution is -0.135. The zero-order chi connectivity index (χ0) is 32.1. The van der Waals surface area contributed by atoms with Gasteiger partial charge in [-0.1, -0.05) is 18.2 Å². The molecule has 2 fully saturated rings. The summed E-state index contributed by atoms with van der Waals surface area (Å²) in [7, 11) is 4.16. The summed E-state index contributed by atoms with van der Waals surface area (Å²) in [5, 5.41) is 6.08. The molecular weight excluding hydrogens is 704 g/mol. The SMILES string of the molecule is CN(C)CCCN1CCN(C(=O)[C@H](Cc2cc(Br)c(N)c(Br)c2)NC(=O)N2CCC(N3Cc4ccccc4NC3=O)CC2)CC1. The van der Waals surface area contributed by atoms with Crippen molar-refractivity contribution in [3.8, 4) is 0 Å². The average Bonchev–Trinajstić information content (AvgIpc) is 3.03. The second kappa shape index (κ2) is 15.1. The molecule has 3 heterocycles. The lowest BCUT2D eigenvalue weighted by atomic mass is 10.0. The van der Waals surface area contributed by atoms with Crippen LogP contribution in [0.15, 0.2) is 45.3 Å². The number of nitrogens with zero attached hydrogens (tertiary/aromatic N) is 5. The van der Waals surface area contributed by atoms with Crippen LogP contribution in [0, 0.1) is 0 Å². The molecule has 0 saturated carbocycles. The van der Waals surface area contributed by atoms with Gasteiger partial charge >= 0.3 is 12.1 Å². The zero-order valence-corrected chi connectivity index (χ0v) is 29.3.